The molecule has 0 unspecified atom stereocenters. The molecule has 0 saturated carbocycles. The van der Waals surface area contributed by atoms with Crippen molar-refractivity contribution in [2.45, 2.75) is 19.4 Å². The van der Waals surface area contributed by atoms with Crippen LogP contribution in [0.5, 0.6) is 6.01 Å². The topological polar surface area (TPSA) is 70.6 Å². The summed E-state index contributed by atoms with van der Waals surface area (Å²) >= 11 is 0. The number of rotatable bonds is 7. The number of imidazole rings is 1. The molecule has 2 aromatic carbocycles. The van der Waals surface area contributed by atoms with Gasteiger partial charge in [-0.1, -0.05) is 36.4 Å². The first kappa shape index (κ1) is 28.1. The molecule has 1 aliphatic rings. The fourth-order valence-corrected chi connectivity index (χ4v) is 5.32. The zero-order valence-electron chi connectivity index (χ0n) is 23.8. The zero-order chi connectivity index (χ0) is 29.1. The number of hydrogen-bond donors (Lipinski definition) is 0. The number of hydrogen-bond acceptors (Lipinski definition) is 5. The standard InChI is InChI=1S/C31H34FN7O2/c1-33-25-12-10-22(11-13-25)28-27(23-8-9-24(26(32)17-23)19-38(5)31(40)36(2)3)29-34-14-16-39(29)30(35-28)41-20-21-7-6-15-37(4)18-21/h8-14,16-17,21H,6-7,15,18-20H2,2-5H3/t21-/m1/s1. The van der Waals surface area contributed by atoms with Crippen molar-refractivity contribution in [3.63, 3.8) is 0 Å². The number of amides is 2. The Morgan fingerprint density at radius 1 is 1.17 bits per heavy atom. The lowest BCUT2D eigenvalue weighted by atomic mass is 9.98. The van der Waals surface area contributed by atoms with Crippen molar-refractivity contribution in [3.8, 4) is 28.4 Å². The Hall–Kier alpha value is -4.49. The molecule has 41 heavy (non-hydrogen) atoms. The second kappa shape index (κ2) is 11.9. The van der Waals surface area contributed by atoms with Gasteiger partial charge in [-0.2, -0.15) is 4.98 Å². The predicted octanol–water partition coefficient (Wildman–Crippen LogP) is 5.59. The van der Waals surface area contributed by atoms with Crippen molar-refractivity contribution in [2.24, 2.45) is 5.92 Å². The second-order valence-electron chi connectivity index (χ2n) is 10.8. The smallest absolute Gasteiger partial charge is 0.319 e. The lowest BCUT2D eigenvalue weighted by Crippen LogP contribution is -2.36. The third-order valence-electron chi connectivity index (χ3n) is 7.41. The van der Waals surface area contributed by atoms with Crippen LogP contribution in [-0.4, -0.2) is 83.0 Å². The van der Waals surface area contributed by atoms with Crippen LogP contribution in [0.4, 0.5) is 14.9 Å². The Bertz CT molecular complexity index is 1590. The van der Waals surface area contributed by atoms with Crippen LogP contribution in [0.15, 0.2) is 54.9 Å². The van der Waals surface area contributed by atoms with E-state index in [0.717, 1.165) is 31.5 Å². The number of likely N-dealkylation sites (tertiary alicyclic amines) is 1. The third-order valence-corrected chi connectivity index (χ3v) is 7.41. The lowest BCUT2D eigenvalue weighted by molar-refractivity contribution is 0.143. The molecule has 10 heteroatoms. The van der Waals surface area contributed by atoms with Gasteiger partial charge in [0.1, 0.15) is 5.82 Å². The van der Waals surface area contributed by atoms with Gasteiger partial charge >= 0.3 is 12.0 Å². The molecule has 0 radical (unpaired) electrons. The van der Waals surface area contributed by atoms with Gasteiger partial charge in [-0.25, -0.2) is 19.0 Å². The van der Waals surface area contributed by atoms with Gasteiger partial charge in [0.25, 0.3) is 0 Å². The van der Waals surface area contributed by atoms with Crippen molar-refractivity contribution >= 4 is 17.4 Å². The minimum atomic E-state index is -0.429. The summed E-state index contributed by atoms with van der Waals surface area (Å²) in [5.41, 5.74) is 4.11. The molecule has 4 aromatic rings. The van der Waals surface area contributed by atoms with E-state index in [1.165, 1.54) is 15.9 Å². The Balaban J connectivity index is 1.57. The van der Waals surface area contributed by atoms with E-state index in [2.05, 4.69) is 21.8 Å². The van der Waals surface area contributed by atoms with Gasteiger partial charge in [0.2, 0.25) is 0 Å². The zero-order valence-corrected chi connectivity index (χ0v) is 23.8. The highest BCUT2D eigenvalue weighted by atomic mass is 19.1. The number of carbonyl (C=O) groups excluding carboxylic acids is 1. The Morgan fingerprint density at radius 2 is 1.93 bits per heavy atom. The van der Waals surface area contributed by atoms with Gasteiger partial charge in [-0.05, 0) is 43.6 Å². The van der Waals surface area contributed by atoms with E-state index >= 15 is 4.39 Å². The molecule has 1 atom stereocenters. The number of nitrogens with zero attached hydrogens (tertiary/aromatic N) is 7. The average molecular weight is 556 g/mol. The number of benzene rings is 2. The van der Waals surface area contributed by atoms with Crippen molar-refractivity contribution in [2.75, 3.05) is 47.9 Å². The molecule has 9 nitrogen and oxygen atoms in total. The highest BCUT2D eigenvalue weighted by Gasteiger charge is 2.23. The Morgan fingerprint density at radius 3 is 2.61 bits per heavy atom. The van der Waals surface area contributed by atoms with E-state index < -0.39 is 5.82 Å². The number of piperidine rings is 1. The van der Waals surface area contributed by atoms with E-state index in [1.54, 1.807) is 56.1 Å². The summed E-state index contributed by atoms with van der Waals surface area (Å²) < 4.78 is 23.6. The summed E-state index contributed by atoms with van der Waals surface area (Å²) in [7, 11) is 7.09. The van der Waals surface area contributed by atoms with Gasteiger partial charge in [-0.3, -0.25) is 4.40 Å². The van der Waals surface area contributed by atoms with E-state index in [9.17, 15) is 4.79 Å². The van der Waals surface area contributed by atoms with E-state index in [0.29, 0.717) is 52.3 Å². The van der Waals surface area contributed by atoms with Crippen LogP contribution in [0.3, 0.4) is 0 Å². The summed E-state index contributed by atoms with van der Waals surface area (Å²) in [5, 5.41) is 0. The molecular weight excluding hydrogens is 521 g/mol. The molecule has 5 rings (SSSR count). The molecule has 0 aliphatic carbocycles. The van der Waals surface area contributed by atoms with Crippen molar-refractivity contribution in [1.82, 2.24) is 29.1 Å². The lowest BCUT2D eigenvalue weighted by Gasteiger charge is -2.29. The van der Waals surface area contributed by atoms with E-state index in [-0.39, 0.29) is 12.6 Å². The highest BCUT2D eigenvalue weighted by Crippen LogP contribution is 2.37. The molecule has 1 aliphatic heterocycles. The molecule has 0 N–H and O–H groups in total. The molecule has 1 fully saturated rings. The molecule has 2 amide bonds. The summed E-state index contributed by atoms with van der Waals surface area (Å²) in [6.07, 6.45) is 5.71. The SMILES string of the molecule is [C-]#[N+]c1ccc(-c2nc(OC[C@@H]3CCCN(C)C3)n3ccnc3c2-c2ccc(CN(C)C(=O)N(C)C)c(F)c2)cc1. The molecule has 0 spiro atoms. The Labute approximate surface area is 239 Å². The maximum atomic E-state index is 15.5. The minimum Gasteiger partial charge on any atom is -0.464 e. The van der Waals surface area contributed by atoms with Crippen LogP contribution in [-0.2, 0) is 6.54 Å². The Kier molecular flexibility index (Phi) is 8.17. The third kappa shape index (κ3) is 6.00. The fraction of sp³-hybridized carbons (Fsp3) is 0.355. The summed E-state index contributed by atoms with van der Waals surface area (Å²) in [5.74, 6) is -0.0315. The largest absolute Gasteiger partial charge is 0.464 e. The summed E-state index contributed by atoms with van der Waals surface area (Å²) in [6, 6.07) is 12.3. The molecular formula is C31H34FN7O2. The first-order valence-corrected chi connectivity index (χ1v) is 13.6. The van der Waals surface area contributed by atoms with Crippen LogP contribution in [0, 0.1) is 18.3 Å². The molecule has 0 bridgehead atoms. The number of ether oxygens (including phenoxy) is 1. The van der Waals surface area contributed by atoms with E-state index in [1.807, 2.05) is 18.2 Å². The van der Waals surface area contributed by atoms with Crippen LogP contribution in [0.25, 0.3) is 32.9 Å². The number of urea groups is 1. The predicted molar refractivity (Wildman–Crippen MR) is 156 cm³/mol. The first-order chi connectivity index (χ1) is 19.7. The van der Waals surface area contributed by atoms with Crippen LogP contribution in [0.2, 0.25) is 0 Å². The van der Waals surface area contributed by atoms with Crippen molar-refractivity contribution < 1.29 is 13.9 Å². The first-order valence-electron chi connectivity index (χ1n) is 13.6. The normalized spacial score (nSPS) is 15.5. The van der Waals surface area contributed by atoms with Gasteiger partial charge in [0.05, 0.1) is 24.4 Å². The molecule has 1 saturated heterocycles. The van der Waals surface area contributed by atoms with Crippen LogP contribution < -0.4 is 4.74 Å². The maximum Gasteiger partial charge on any atom is 0.319 e. The number of carbonyl (C=O) groups is 1. The summed E-state index contributed by atoms with van der Waals surface area (Å²) in [4.78, 5) is 30.6. The van der Waals surface area contributed by atoms with Gasteiger partial charge < -0.3 is 19.4 Å². The van der Waals surface area contributed by atoms with Crippen LogP contribution in [0.1, 0.15) is 18.4 Å². The molecule has 212 valence electrons. The summed E-state index contributed by atoms with van der Waals surface area (Å²) in [6.45, 7) is 10.1. The van der Waals surface area contributed by atoms with Crippen molar-refractivity contribution in [1.29, 1.82) is 0 Å². The maximum absolute atomic E-state index is 15.5. The van der Waals surface area contributed by atoms with Gasteiger partial charge in [0, 0.05) is 58.1 Å². The number of halogens is 1. The fourth-order valence-electron chi connectivity index (χ4n) is 5.32. The van der Waals surface area contributed by atoms with Crippen LogP contribution >= 0.6 is 0 Å². The quantitative estimate of drug-likeness (QED) is 0.278. The average Bonchev–Trinajstić information content (AvgIpc) is 3.46. The minimum absolute atomic E-state index is 0.133. The monoisotopic (exact) mass is 555 g/mol. The molecule has 3 heterocycles. The van der Waals surface area contributed by atoms with Crippen molar-refractivity contribution in [3.05, 3.63) is 77.7 Å². The van der Waals surface area contributed by atoms with Gasteiger partial charge in [0.15, 0.2) is 11.3 Å². The highest BCUT2D eigenvalue weighted by molar-refractivity contribution is 5.90. The van der Waals surface area contributed by atoms with E-state index in [4.69, 9.17) is 16.3 Å². The number of fused-ring (bicyclic) bond motifs is 1. The molecule has 2 aromatic heterocycles. The van der Waals surface area contributed by atoms with Gasteiger partial charge in [-0.15, -0.1) is 0 Å². The second-order valence-corrected chi connectivity index (χ2v) is 10.8. The number of aromatic nitrogens is 3.